The van der Waals surface area contributed by atoms with Crippen LogP contribution < -0.4 is 0 Å². The van der Waals surface area contributed by atoms with Crippen molar-refractivity contribution < 1.29 is 0 Å². The third kappa shape index (κ3) is 12.2. The van der Waals surface area contributed by atoms with Crippen LogP contribution in [-0.2, 0) is 0 Å². The van der Waals surface area contributed by atoms with Crippen molar-refractivity contribution in [2.75, 3.05) is 0 Å². The minimum atomic E-state index is 0.627. The molecule has 0 radical (unpaired) electrons. The molecule has 0 fully saturated rings. The monoisotopic (exact) mass is 1510 g/mol. The van der Waals surface area contributed by atoms with Gasteiger partial charge in [-0.15, -0.1) is 22.7 Å². The van der Waals surface area contributed by atoms with Crippen LogP contribution in [-0.4, -0.2) is 39.9 Å². The fourth-order valence-electron chi connectivity index (χ4n) is 16.6. The maximum atomic E-state index is 5.56. The number of thiophene rings is 2. The van der Waals surface area contributed by atoms with Crippen molar-refractivity contribution in [2.45, 2.75) is 0 Å². The number of pyridine rings is 2. The fraction of sp³-hybridized carbons (Fsp3) is 0. The number of rotatable bonds is 11. The van der Waals surface area contributed by atoms with Crippen LogP contribution in [0.4, 0.5) is 0 Å². The first-order valence-electron chi connectivity index (χ1n) is 38.8. The Kier molecular flexibility index (Phi) is 16.8. The lowest BCUT2D eigenvalue weighted by molar-refractivity contribution is 1.07. The highest BCUT2D eigenvalue weighted by molar-refractivity contribution is 7.27. The van der Waals surface area contributed by atoms with Crippen molar-refractivity contribution in [3.63, 3.8) is 0 Å². The second-order valence-electron chi connectivity index (χ2n) is 29.2. The Bertz CT molecular complexity index is 7750. The highest BCUT2D eigenvalue weighted by Crippen LogP contribution is 2.49. The molecule has 23 rings (SSSR count). The van der Waals surface area contributed by atoms with E-state index in [1.807, 2.05) is 120 Å². The zero-order chi connectivity index (χ0) is 76.6. The van der Waals surface area contributed by atoms with Crippen LogP contribution in [0, 0.1) is 0 Å². The number of benzene rings is 17. The quantitative estimate of drug-likeness (QED) is 0.118. The van der Waals surface area contributed by atoms with Gasteiger partial charge in [-0.05, 0) is 125 Å². The summed E-state index contributed by atoms with van der Waals surface area (Å²) in [5.41, 5.74) is 18.6. The molecule has 0 aliphatic carbocycles. The Balaban J connectivity index is 0.000000141. The van der Waals surface area contributed by atoms with Crippen molar-refractivity contribution in [3.8, 4) is 124 Å². The third-order valence-electron chi connectivity index (χ3n) is 22.2. The first kappa shape index (κ1) is 67.9. The fourth-order valence-corrected chi connectivity index (χ4v) is 19.0. The van der Waals surface area contributed by atoms with Gasteiger partial charge in [0.2, 0.25) is 0 Å². The molecule has 10 heteroatoms. The van der Waals surface area contributed by atoms with Gasteiger partial charge in [-0.3, -0.25) is 0 Å². The van der Waals surface area contributed by atoms with Gasteiger partial charge in [-0.2, -0.15) is 0 Å². The zero-order valence-electron chi connectivity index (χ0n) is 62.3. The van der Waals surface area contributed by atoms with E-state index in [0.717, 1.165) is 106 Å². The Hall–Kier alpha value is -14.9. The van der Waals surface area contributed by atoms with Gasteiger partial charge in [0, 0.05) is 86.2 Å². The van der Waals surface area contributed by atoms with Crippen molar-refractivity contribution in [3.05, 3.63) is 388 Å². The minimum Gasteiger partial charge on any atom is -0.246 e. The Morgan fingerprint density at radius 2 is 0.474 bits per heavy atom. The lowest BCUT2D eigenvalue weighted by Crippen LogP contribution is -2.00. The van der Waals surface area contributed by atoms with E-state index in [4.69, 9.17) is 39.9 Å². The van der Waals surface area contributed by atoms with Gasteiger partial charge in [-0.1, -0.05) is 340 Å². The zero-order valence-corrected chi connectivity index (χ0v) is 64.0. The molecular formula is C106H64N8S2. The summed E-state index contributed by atoms with van der Waals surface area (Å²) in [5, 5.41) is 17.1. The molecular weight excluding hydrogens is 1450 g/mol. The predicted octanol–water partition coefficient (Wildman–Crippen LogP) is 28.5. The molecule has 0 N–H and O–H groups in total. The summed E-state index contributed by atoms with van der Waals surface area (Å²) >= 11 is 3.66. The van der Waals surface area contributed by atoms with Gasteiger partial charge >= 0.3 is 0 Å². The van der Waals surface area contributed by atoms with Crippen LogP contribution in [0.1, 0.15) is 0 Å². The van der Waals surface area contributed by atoms with Gasteiger partial charge in [0.05, 0.1) is 31.8 Å². The summed E-state index contributed by atoms with van der Waals surface area (Å²) in [6, 6.07) is 137. The summed E-state index contributed by atoms with van der Waals surface area (Å²) < 4.78 is 4.93. The van der Waals surface area contributed by atoms with Crippen LogP contribution >= 0.6 is 22.7 Å². The molecule has 17 aromatic carbocycles. The molecule has 0 aliphatic rings. The molecule has 8 nitrogen and oxygen atoms in total. The van der Waals surface area contributed by atoms with Crippen LogP contribution in [0.2, 0.25) is 0 Å². The molecule has 23 aromatic rings. The van der Waals surface area contributed by atoms with E-state index >= 15 is 0 Å². The van der Waals surface area contributed by atoms with Gasteiger partial charge < -0.3 is 0 Å². The topological polar surface area (TPSA) is 103 Å². The average Bonchev–Trinajstić information content (AvgIpc) is 1.57. The molecule has 540 valence electrons. The second-order valence-corrected chi connectivity index (χ2v) is 31.3. The largest absolute Gasteiger partial charge is 0.246 e. The molecule has 0 atom stereocenters. The Morgan fingerprint density at radius 1 is 0.164 bits per heavy atom. The van der Waals surface area contributed by atoms with E-state index in [1.54, 1.807) is 0 Å². The molecule has 0 unspecified atom stereocenters. The van der Waals surface area contributed by atoms with Crippen molar-refractivity contribution in [1.82, 2.24) is 39.9 Å². The van der Waals surface area contributed by atoms with Crippen LogP contribution in [0.3, 0.4) is 0 Å². The third-order valence-corrected chi connectivity index (χ3v) is 24.6. The molecule has 6 heterocycles. The van der Waals surface area contributed by atoms with Gasteiger partial charge in [-0.25, -0.2) is 39.9 Å². The van der Waals surface area contributed by atoms with E-state index in [0.29, 0.717) is 34.9 Å². The van der Waals surface area contributed by atoms with Crippen LogP contribution in [0.15, 0.2) is 388 Å². The normalized spacial score (nSPS) is 11.6. The SMILES string of the molecule is c1ccc(-c2ccc(-c3nc(-c4ccccc4)nc(-c4ccc(-c5ccc6c(c5)nc(-c5cc7ccccc7c7ccccc57)c5sc7ccccc7c56)cc4)n3)cc2)cc1.c1ccc(-c2nc(-c3ccccc3)nc(-c3cccc(-c4ccc5nc(-c6cc7ccccc7c7ccccc67)c6sc7ccccc7c6c5c4)c3)n2)cc1. The molecule has 0 aliphatic heterocycles. The Morgan fingerprint density at radius 3 is 0.957 bits per heavy atom. The molecule has 0 amide bonds. The van der Waals surface area contributed by atoms with Crippen molar-refractivity contribution in [2.24, 2.45) is 0 Å². The molecule has 0 saturated carbocycles. The predicted molar refractivity (Wildman–Crippen MR) is 486 cm³/mol. The lowest BCUT2D eigenvalue weighted by Gasteiger charge is -2.13. The number of hydrogen-bond donors (Lipinski definition) is 0. The highest BCUT2D eigenvalue weighted by atomic mass is 32.1. The summed E-state index contributed by atoms with van der Waals surface area (Å²) in [7, 11) is 0. The summed E-state index contributed by atoms with van der Waals surface area (Å²) in [4.78, 5) is 41.0. The standard InChI is InChI=1S/C56H34N4S.C50H30N4S/c1-3-13-35(14-4-1)36-23-27-39(28-24-36)55-58-54(38-15-5-2-6-16-38)59-56(60-55)40-29-25-37(26-30-40)41-31-32-46-49(34-41)57-52(53-51(46)47-21-11-12-22-50(47)61-53)48-33-42-17-7-8-18-43(42)44-19-9-10-20-45(44)48;1-3-14-31(15-4-1)48-52-49(32-16-5-2-6-17-32)54-50(53-48)36-20-13-19-33(28-36)34-26-27-43-42(29-34)45-40-24-11-12-25-44(40)55-47(45)46(51-43)41-30-35-18-7-8-21-37(35)38-22-9-10-23-39(38)41/h1-34H;1-30H. The van der Waals surface area contributed by atoms with Crippen LogP contribution in [0.5, 0.6) is 0 Å². The van der Waals surface area contributed by atoms with Crippen molar-refractivity contribution in [1.29, 1.82) is 0 Å². The minimum absolute atomic E-state index is 0.627. The van der Waals surface area contributed by atoms with E-state index in [9.17, 15) is 0 Å². The van der Waals surface area contributed by atoms with Gasteiger partial charge in [0.1, 0.15) is 0 Å². The summed E-state index contributed by atoms with van der Waals surface area (Å²) in [5.74, 6) is 3.83. The lowest BCUT2D eigenvalue weighted by atomic mass is 9.94. The van der Waals surface area contributed by atoms with E-state index in [2.05, 4.69) is 291 Å². The average molecular weight is 1510 g/mol. The smallest absolute Gasteiger partial charge is 0.164 e. The maximum absolute atomic E-state index is 5.56. The summed E-state index contributed by atoms with van der Waals surface area (Å²) in [6.45, 7) is 0. The maximum Gasteiger partial charge on any atom is 0.164 e. The summed E-state index contributed by atoms with van der Waals surface area (Å²) in [6.07, 6.45) is 0. The number of nitrogens with zero attached hydrogens (tertiary/aromatic N) is 8. The van der Waals surface area contributed by atoms with E-state index < -0.39 is 0 Å². The van der Waals surface area contributed by atoms with E-state index in [-0.39, 0.29) is 0 Å². The number of fused-ring (bicyclic) bond motifs is 16. The molecule has 0 spiro atoms. The second kappa shape index (κ2) is 28.7. The molecule has 0 saturated heterocycles. The van der Waals surface area contributed by atoms with Gasteiger partial charge in [0.15, 0.2) is 34.9 Å². The number of hydrogen-bond acceptors (Lipinski definition) is 10. The first-order chi connectivity index (χ1) is 57.5. The molecule has 0 bridgehead atoms. The van der Waals surface area contributed by atoms with Gasteiger partial charge in [0.25, 0.3) is 0 Å². The van der Waals surface area contributed by atoms with E-state index in [1.165, 1.54) is 89.0 Å². The molecule has 116 heavy (non-hydrogen) atoms. The van der Waals surface area contributed by atoms with Crippen LogP contribution in [0.25, 0.3) is 229 Å². The molecule has 6 aromatic heterocycles. The highest BCUT2D eigenvalue weighted by Gasteiger charge is 2.24. The Labute approximate surface area is 675 Å². The number of aromatic nitrogens is 8. The van der Waals surface area contributed by atoms with Crippen molar-refractivity contribution >= 4 is 128 Å². The first-order valence-corrected chi connectivity index (χ1v) is 40.5.